The third kappa shape index (κ3) is 3.64. The van der Waals surface area contributed by atoms with E-state index in [1.807, 2.05) is 103 Å². The third-order valence-electron chi connectivity index (χ3n) is 4.64. The summed E-state index contributed by atoms with van der Waals surface area (Å²) in [6.07, 6.45) is 0. The third-order valence-corrected chi connectivity index (χ3v) is 4.64. The SMILES string of the molecule is Nc1ccccc1Nc1ccc(-c2ccccc2C(=O)c2ccccc2)cc1. The van der Waals surface area contributed by atoms with Crippen molar-refractivity contribution in [1.29, 1.82) is 0 Å². The lowest BCUT2D eigenvalue weighted by atomic mass is 9.94. The Morgan fingerprint density at radius 2 is 1.32 bits per heavy atom. The number of benzene rings is 4. The fourth-order valence-electron chi connectivity index (χ4n) is 3.18. The van der Waals surface area contributed by atoms with Crippen molar-refractivity contribution in [2.75, 3.05) is 11.1 Å². The van der Waals surface area contributed by atoms with Crippen LogP contribution in [0.15, 0.2) is 103 Å². The van der Waals surface area contributed by atoms with Crippen molar-refractivity contribution in [3.63, 3.8) is 0 Å². The molecule has 3 N–H and O–H groups in total. The monoisotopic (exact) mass is 364 g/mol. The van der Waals surface area contributed by atoms with Gasteiger partial charge in [0.1, 0.15) is 0 Å². The Hall–Kier alpha value is -3.85. The van der Waals surface area contributed by atoms with E-state index in [4.69, 9.17) is 5.73 Å². The Bertz CT molecular complexity index is 1100. The summed E-state index contributed by atoms with van der Waals surface area (Å²) in [5, 5.41) is 3.32. The van der Waals surface area contributed by atoms with Crippen molar-refractivity contribution < 1.29 is 4.79 Å². The molecule has 0 saturated heterocycles. The summed E-state index contributed by atoms with van der Waals surface area (Å²) in [5.41, 5.74) is 11.8. The highest BCUT2D eigenvalue weighted by Crippen LogP contribution is 2.29. The Morgan fingerprint density at radius 1 is 0.679 bits per heavy atom. The second kappa shape index (κ2) is 7.80. The lowest BCUT2D eigenvalue weighted by Gasteiger charge is -2.12. The number of nitrogen functional groups attached to an aromatic ring is 1. The average molecular weight is 364 g/mol. The van der Waals surface area contributed by atoms with Gasteiger partial charge >= 0.3 is 0 Å². The topological polar surface area (TPSA) is 55.1 Å². The van der Waals surface area contributed by atoms with E-state index in [2.05, 4.69) is 5.32 Å². The van der Waals surface area contributed by atoms with Gasteiger partial charge in [0.05, 0.1) is 11.4 Å². The molecule has 0 aliphatic carbocycles. The first-order valence-electron chi connectivity index (χ1n) is 9.13. The van der Waals surface area contributed by atoms with Gasteiger partial charge in [-0.05, 0) is 35.4 Å². The maximum atomic E-state index is 13.0. The summed E-state index contributed by atoms with van der Waals surface area (Å²) >= 11 is 0. The van der Waals surface area contributed by atoms with E-state index in [1.165, 1.54) is 0 Å². The molecule has 0 radical (unpaired) electrons. The first-order valence-corrected chi connectivity index (χ1v) is 9.13. The second-order valence-electron chi connectivity index (χ2n) is 6.53. The maximum absolute atomic E-state index is 13.0. The highest BCUT2D eigenvalue weighted by molar-refractivity contribution is 6.12. The average Bonchev–Trinajstić information content (AvgIpc) is 2.76. The van der Waals surface area contributed by atoms with Crippen LogP contribution in [0.3, 0.4) is 0 Å². The highest BCUT2D eigenvalue weighted by atomic mass is 16.1. The van der Waals surface area contributed by atoms with Crippen molar-refractivity contribution in [3.8, 4) is 11.1 Å². The molecular weight excluding hydrogens is 344 g/mol. The van der Waals surface area contributed by atoms with Crippen LogP contribution in [0.1, 0.15) is 15.9 Å². The summed E-state index contributed by atoms with van der Waals surface area (Å²) in [7, 11) is 0. The summed E-state index contributed by atoms with van der Waals surface area (Å²) in [6, 6.07) is 32.7. The van der Waals surface area contributed by atoms with Crippen LogP contribution in [0.5, 0.6) is 0 Å². The van der Waals surface area contributed by atoms with E-state index in [0.717, 1.165) is 22.5 Å². The van der Waals surface area contributed by atoms with Crippen LogP contribution in [0.25, 0.3) is 11.1 Å². The van der Waals surface area contributed by atoms with E-state index in [-0.39, 0.29) is 5.78 Å². The highest BCUT2D eigenvalue weighted by Gasteiger charge is 2.14. The molecule has 0 fully saturated rings. The molecule has 0 aromatic heterocycles. The fraction of sp³-hybridized carbons (Fsp3) is 0. The molecule has 0 spiro atoms. The van der Waals surface area contributed by atoms with Gasteiger partial charge in [-0.2, -0.15) is 0 Å². The van der Waals surface area contributed by atoms with Crippen LogP contribution in [0.4, 0.5) is 17.1 Å². The lowest BCUT2D eigenvalue weighted by Crippen LogP contribution is -2.03. The van der Waals surface area contributed by atoms with Crippen molar-refractivity contribution >= 4 is 22.8 Å². The van der Waals surface area contributed by atoms with Crippen molar-refractivity contribution in [3.05, 3.63) is 114 Å². The minimum atomic E-state index is 0.0236. The number of carbonyl (C=O) groups is 1. The van der Waals surface area contributed by atoms with Crippen molar-refractivity contribution in [2.45, 2.75) is 0 Å². The van der Waals surface area contributed by atoms with Gasteiger partial charge in [0, 0.05) is 16.8 Å². The van der Waals surface area contributed by atoms with Crippen LogP contribution in [0.2, 0.25) is 0 Å². The number of carbonyl (C=O) groups excluding carboxylic acids is 1. The Labute approximate surface area is 164 Å². The summed E-state index contributed by atoms with van der Waals surface area (Å²) in [6.45, 7) is 0. The number of hydrogen-bond donors (Lipinski definition) is 2. The number of para-hydroxylation sites is 2. The number of anilines is 3. The predicted octanol–water partition coefficient (Wildman–Crippen LogP) is 5.91. The van der Waals surface area contributed by atoms with Crippen LogP contribution in [-0.4, -0.2) is 5.78 Å². The molecule has 4 aromatic carbocycles. The number of nitrogens with two attached hydrogens (primary N) is 1. The van der Waals surface area contributed by atoms with Gasteiger partial charge in [-0.3, -0.25) is 4.79 Å². The molecule has 4 aromatic rings. The minimum Gasteiger partial charge on any atom is -0.397 e. The first kappa shape index (κ1) is 17.6. The van der Waals surface area contributed by atoms with E-state index in [1.54, 1.807) is 0 Å². The summed E-state index contributed by atoms with van der Waals surface area (Å²) in [5.74, 6) is 0.0236. The van der Waals surface area contributed by atoms with E-state index in [9.17, 15) is 4.79 Å². The molecule has 3 heteroatoms. The molecule has 0 saturated carbocycles. The molecule has 0 amide bonds. The Morgan fingerprint density at radius 3 is 2.07 bits per heavy atom. The summed E-state index contributed by atoms with van der Waals surface area (Å²) in [4.78, 5) is 13.0. The van der Waals surface area contributed by atoms with Gasteiger partial charge < -0.3 is 11.1 Å². The first-order chi connectivity index (χ1) is 13.7. The molecule has 0 atom stereocenters. The molecule has 0 bridgehead atoms. The molecular formula is C25H20N2O. The molecule has 4 rings (SSSR count). The summed E-state index contributed by atoms with van der Waals surface area (Å²) < 4.78 is 0. The van der Waals surface area contributed by atoms with Gasteiger partial charge in [-0.25, -0.2) is 0 Å². The number of nitrogens with one attached hydrogen (secondary N) is 1. The lowest BCUT2D eigenvalue weighted by molar-refractivity contribution is 0.103. The number of rotatable bonds is 5. The van der Waals surface area contributed by atoms with E-state index >= 15 is 0 Å². The normalized spacial score (nSPS) is 10.4. The quantitative estimate of drug-likeness (QED) is 0.342. The number of hydrogen-bond acceptors (Lipinski definition) is 3. The second-order valence-corrected chi connectivity index (χ2v) is 6.53. The van der Waals surface area contributed by atoms with Gasteiger partial charge in [-0.15, -0.1) is 0 Å². The van der Waals surface area contributed by atoms with E-state index in [0.29, 0.717) is 16.8 Å². The molecule has 0 heterocycles. The molecule has 3 nitrogen and oxygen atoms in total. The largest absolute Gasteiger partial charge is 0.397 e. The van der Waals surface area contributed by atoms with Crippen LogP contribution >= 0.6 is 0 Å². The zero-order chi connectivity index (χ0) is 19.3. The van der Waals surface area contributed by atoms with Crippen molar-refractivity contribution in [1.82, 2.24) is 0 Å². The molecule has 0 aliphatic heterocycles. The standard InChI is InChI=1S/C25H20N2O/c26-23-12-6-7-13-24(23)27-20-16-14-18(15-17-20)21-10-4-5-11-22(21)25(28)19-8-2-1-3-9-19/h1-17,27H,26H2. The van der Waals surface area contributed by atoms with Crippen LogP contribution in [0, 0.1) is 0 Å². The van der Waals surface area contributed by atoms with Crippen LogP contribution in [-0.2, 0) is 0 Å². The predicted molar refractivity (Wildman–Crippen MR) is 116 cm³/mol. The smallest absolute Gasteiger partial charge is 0.193 e. The zero-order valence-corrected chi connectivity index (χ0v) is 15.3. The van der Waals surface area contributed by atoms with Gasteiger partial charge in [0.2, 0.25) is 0 Å². The minimum absolute atomic E-state index is 0.0236. The zero-order valence-electron chi connectivity index (χ0n) is 15.3. The molecule has 28 heavy (non-hydrogen) atoms. The van der Waals surface area contributed by atoms with Crippen molar-refractivity contribution in [2.24, 2.45) is 0 Å². The maximum Gasteiger partial charge on any atom is 0.193 e. The van der Waals surface area contributed by atoms with E-state index < -0.39 is 0 Å². The number of ketones is 1. The van der Waals surface area contributed by atoms with Crippen LogP contribution < -0.4 is 11.1 Å². The molecule has 0 unspecified atom stereocenters. The Balaban J connectivity index is 1.63. The van der Waals surface area contributed by atoms with Gasteiger partial charge in [0.15, 0.2) is 5.78 Å². The van der Waals surface area contributed by atoms with Gasteiger partial charge in [0.25, 0.3) is 0 Å². The van der Waals surface area contributed by atoms with Gasteiger partial charge in [-0.1, -0.05) is 78.9 Å². The fourth-order valence-corrected chi connectivity index (χ4v) is 3.18. The molecule has 136 valence electrons. The molecule has 0 aliphatic rings. The Kier molecular flexibility index (Phi) is 4.89.